The van der Waals surface area contributed by atoms with Crippen LogP contribution < -0.4 is 10.8 Å². The van der Waals surface area contributed by atoms with Gasteiger partial charge in [-0.15, -0.1) is 0 Å². The first-order valence-corrected chi connectivity index (χ1v) is 10.6. The molecule has 1 aliphatic heterocycles. The number of rotatable bonds is 7. The van der Waals surface area contributed by atoms with E-state index in [-0.39, 0.29) is 17.0 Å². The summed E-state index contributed by atoms with van der Waals surface area (Å²) in [5, 5.41) is 10.5. The van der Waals surface area contributed by atoms with E-state index in [1.165, 1.54) is 12.5 Å². The Bertz CT molecular complexity index is 770. The summed E-state index contributed by atoms with van der Waals surface area (Å²) in [5.74, 6) is 0.0512. The van der Waals surface area contributed by atoms with Gasteiger partial charge in [0.05, 0.1) is 17.0 Å². The third-order valence-corrected chi connectivity index (χ3v) is 5.75. The lowest BCUT2D eigenvalue weighted by molar-refractivity contribution is 0.00578. The van der Waals surface area contributed by atoms with Gasteiger partial charge in [0.15, 0.2) is 0 Å². The molecule has 0 aromatic heterocycles. The molecule has 2 rings (SSSR count). The van der Waals surface area contributed by atoms with E-state index in [1.54, 1.807) is 6.20 Å². The van der Waals surface area contributed by atoms with Gasteiger partial charge in [0, 0.05) is 30.8 Å². The largest absolute Gasteiger partial charge is 0.494 e. The summed E-state index contributed by atoms with van der Waals surface area (Å²) in [7, 11) is -3.43. The normalized spacial score (nSPS) is 19.4. The van der Waals surface area contributed by atoms with Crippen molar-refractivity contribution in [3.8, 4) is 0 Å². The highest BCUT2D eigenvalue weighted by atomic mass is 32.2. The van der Waals surface area contributed by atoms with Crippen molar-refractivity contribution in [2.75, 3.05) is 18.6 Å². The third kappa shape index (κ3) is 4.96. The zero-order valence-electron chi connectivity index (χ0n) is 16.0. The smallest absolute Gasteiger partial charge is 0.399 e. The van der Waals surface area contributed by atoms with Crippen molar-refractivity contribution >= 4 is 34.2 Å². The van der Waals surface area contributed by atoms with Crippen molar-refractivity contribution in [2.24, 2.45) is 0 Å². The molecule has 0 unspecified atom stereocenters. The fraction of sp³-hybridized carbons (Fsp3) is 0.500. The summed E-state index contributed by atoms with van der Waals surface area (Å²) < 4.78 is 34.4. The van der Waals surface area contributed by atoms with Gasteiger partial charge >= 0.3 is 7.12 Å². The van der Waals surface area contributed by atoms with Gasteiger partial charge in [-0.05, 0) is 38.7 Å². The van der Waals surface area contributed by atoms with Crippen molar-refractivity contribution < 1.29 is 17.7 Å². The Balaban J connectivity index is 2.07. The van der Waals surface area contributed by atoms with E-state index in [9.17, 15) is 8.42 Å². The molecule has 1 heterocycles. The average Bonchev–Trinajstić information content (AvgIpc) is 2.75. The molecule has 0 spiro atoms. The van der Waals surface area contributed by atoms with E-state index >= 15 is 0 Å². The van der Waals surface area contributed by atoms with Crippen LogP contribution in [0.25, 0.3) is 5.57 Å². The fourth-order valence-corrected chi connectivity index (χ4v) is 2.94. The van der Waals surface area contributed by atoms with Crippen LogP contribution in [0.1, 0.15) is 33.3 Å². The second-order valence-electron chi connectivity index (χ2n) is 7.54. The number of allylic oxidation sites excluding steroid dienone is 1. The molecular weight excluding hydrogens is 351 g/mol. The van der Waals surface area contributed by atoms with Crippen LogP contribution in [0, 0.1) is 5.41 Å². The van der Waals surface area contributed by atoms with E-state index in [0.29, 0.717) is 12.1 Å². The van der Waals surface area contributed by atoms with E-state index in [2.05, 4.69) is 5.32 Å². The lowest BCUT2D eigenvalue weighted by Gasteiger charge is -2.32. The molecule has 1 fully saturated rings. The Morgan fingerprint density at radius 1 is 1.15 bits per heavy atom. The van der Waals surface area contributed by atoms with Gasteiger partial charge in [0.1, 0.15) is 9.84 Å². The summed E-state index contributed by atoms with van der Waals surface area (Å²) in [6, 6.07) is 7.64. The number of sulfone groups is 1. The fourth-order valence-electron chi connectivity index (χ4n) is 2.45. The molecule has 0 amide bonds. The topological polar surface area (TPSA) is 88.5 Å². The second kappa shape index (κ2) is 7.54. The number of hydrogen-bond donors (Lipinski definition) is 2. The Hall–Kier alpha value is -1.64. The van der Waals surface area contributed by atoms with Gasteiger partial charge in [0.25, 0.3) is 0 Å². The summed E-state index contributed by atoms with van der Waals surface area (Å²) in [4.78, 5) is 0. The zero-order chi connectivity index (χ0) is 19.6. The number of nitrogens with one attached hydrogen (secondary N) is 2. The molecule has 1 aromatic rings. The highest BCUT2D eigenvalue weighted by Gasteiger charge is 2.51. The van der Waals surface area contributed by atoms with Gasteiger partial charge in [-0.25, -0.2) is 8.42 Å². The highest BCUT2D eigenvalue weighted by molar-refractivity contribution is 7.90. The number of hydrogen-bond acceptors (Lipinski definition) is 6. The molecule has 6 nitrogen and oxygen atoms in total. The minimum atomic E-state index is -3.00. The van der Waals surface area contributed by atoms with E-state index in [0.717, 1.165) is 11.0 Å². The van der Waals surface area contributed by atoms with Crippen LogP contribution in [0.4, 0.5) is 0 Å². The van der Waals surface area contributed by atoms with Crippen LogP contribution in [0.5, 0.6) is 0 Å². The van der Waals surface area contributed by atoms with Crippen molar-refractivity contribution in [3.05, 3.63) is 36.0 Å². The predicted molar refractivity (Wildman–Crippen MR) is 107 cm³/mol. The van der Waals surface area contributed by atoms with Crippen LogP contribution in [0.2, 0.25) is 0 Å². The van der Waals surface area contributed by atoms with Crippen molar-refractivity contribution in [3.63, 3.8) is 0 Å². The molecule has 0 saturated carbocycles. The molecule has 0 aliphatic carbocycles. The van der Waals surface area contributed by atoms with Crippen LogP contribution >= 0.6 is 0 Å². The molecule has 1 saturated heterocycles. The molecular formula is C18H27BN2O4S. The Morgan fingerprint density at radius 3 is 2.15 bits per heavy atom. The Kier molecular flexibility index (Phi) is 6.00. The van der Waals surface area contributed by atoms with E-state index in [4.69, 9.17) is 14.7 Å². The molecule has 0 atom stereocenters. The molecule has 2 N–H and O–H groups in total. The SMILES string of the molecule is CC1(C)OB(c2ccc(/C(C=N)=C/NCCS(C)(=O)=O)cc2)OC1(C)C. The number of benzene rings is 1. The first-order chi connectivity index (χ1) is 12.0. The summed E-state index contributed by atoms with van der Waals surface area (Å²) in [6.07, 6.45) is 4.09. The average molecular weight is 378 g/mol. The van der Waals surface area contributed by atoms with Gasteiger partial charge in [-0.1, -0.05) is 24.3 Å². The summed E-state index contributed by atoms with van der Waals surface area (Å²) >= 11 is 0. The quantitative estimate of drug-likeness (QED) is 0.428. The van der Waals surface area contributed by atoms with Gasteiger partial charge in [-0.2, -0.15) is 0 Å². The van der Waals surface area contributed by atoms with Crippen LogP contribution in [0.15, 0.2) is 30.5 Å². The zero-order valence-corrected chi connectivity index (χ0v) is 16.8. The Morgan fingerprint density at radius 2 is 1.69 bits per heavy atom. The molecule has 0 radical (unpaired) electrons. The minimum Gasteiger partial charge on any atom is -0.399 e. The maximum Gasteiger partial charge on any atom is 0.494 e. The third-order valence-electron chi connectivity index (χ3n) is 4.80. The lowest BCUT2D eigenvalue weighted by atomic mass is 9.78. The van der Waals surface area contributed by atoms with E-state index < -0.39 is 17.0 Å². The van der Waals surface area contributed by atoms with Crippen LogP contribution in [-0.4, -0.2) is 51.5 Å². The summed E-state index contributed by atoms with van der Waals surface area (Å²) in [6.45, 7) is 8.36. The monoisotopic (exact) mass is 378 g/mol. The highest BCUT2D eigenvalue weighted by Crippen LogP contribution is 2.36. The summed E-state index contributed by atoms with van der Waals surface area (Å²) in [5.41, 5.74) is 1.66. The maximum absolute atomic E-state index is 11.1. The molecule has 8 heteroatoms. The standard InChI is InChI=1S/C18H27BN2O4S/c1-17(2)18(3,4)25-19(24-17)16-8-6-14(7-9-16)15(12-20)13-21-10-11-26(5,22)23/h6-9,12-13,20-21H,10-11H2,1-5H3/b15-13+,20-12?. The van der Waals surface area contributed by atoms with Crippen LogP contribution in [0.3, 0.4) is 0 Å². The van der Waals surface area contributed by atoms with Crippen molar-refractivity contribution in [1.82, 2.24) is 5.32 Å². The van der Waals surface area contributed by atoms with Gasteiger partial charge in [0.2, 0.25) is 0 Å². The van der Waals surface area contributed by atoms with Crippen LogP contribution in [-0.2, 0) is 19.1 Å². The van der Waals surface area contributed by atoms with Crippen molar-refractivity contribution in [2.45, 2.75) is 38.9 Å². The first-order valence-electron chi connectivity index (χ1n) is 8.53. The first kappa shape index (κ1) is 20.7. The Labute approximate surface area is 156 Å². The minimum absolute atomic E-state index is 0.0512. The molecule has 142 valence electrons. The lowest BCUT2D eigenvalue weighted by Crippen LogP contribution is -2.41. The molecule has 1 aliphatic rings. The second-order valence-corrected chi connectivity index (χ2v) is 9.80. The molecule has 1 aromatic carbocycles. The predicted octanol–water partition coefficient (Wildman–Crippen LogP) is 1.61. The molecule has 26 heavy (non-hydrogen) atoms. The van der Waals surface area contributed by atoms with E-state index in [1.807, 2.05) is 52.0 Å². The maximum atomic E-state index is 11.1. The van der Waals surface area contributed by atoms with Gasteiger partial charge < -0.3 is 20.0 Å². The van der Waals surface area contributed by atoms with Gasteiger partial charge in [-0.3, -0.25) is 0 Å². The molecule has 0 bridgehead atoms. The van der Waals surface area contributed by atoms with Crippen molar-refractivity contribution in [1.29, 1.82) is 5.41 Å².